The third-order valence-corrected chi connectivity index (χ3v) is 4.03. The Morgan fingerprint density at radius 2 is 2.12 bits per heavy atom. The molecule has 5 nitrogen and oxygen atoms in total. The summed E-state index contributed by atoms with van der Waals surface area (Å²) in [5.74, 6) is 0. The number of ether oxygens (including phenoxy) is 1. The molecule has 2 N–H and O–H groups in total. The van der Waals surface area contributed by atoms with E-state index in [0.29, 0.717) is 13.0 Å². The van der Waals surface area contributed by atoms with Crippen molar-refractivity contribution in [3.8, 4) is 0 Å². The number of para-hydroxylation sites is 1. The molecule has 24 heavy (non-hydrogen) atoms. The number of hydrogen-bond acceptors (Lipinski definition) is 4. The first-order chi connectivity index (χ1) is 11.3. The third-order valence-electron chi connectivity index (χ3n) is 4.03. The van der Waals surface area contributed by atoms with Crippen molar-refractivity contribution in [2.24, 2.45) is 0 Å². The summed E-state index contributed by atoms with van der Waals surface area (Å²) in [7, 11) is 0. The van der Waals surface area contributed by atoms with Crippen LogP contribution in [0.2, 0.25) is 0 Å². The Balaban J connectivity index is 2.04. The number of aromatic nitrogens is 1. The van der Waals surface area contributed by atoms with Crippen molar-refractivity contribution < 1.29 is 14.6 Å². The number of fused-ring (bicyclic) bond motifs is 1. The van der Waals surface area contributed by atoms with Gasteiger partial charge in [-0.15, -0.1) is 0 Å². The van der Waals surface area contributed by atoms with Gasteiger partial charge in [-0.2, -0.15) is 0 Å². The number of carbonyl (C=O) groups is 1. The van der Waals surface area contributed by atoms with E-state index in [-0.39, 0.29) is 0 Å². The van der Waals surface area contributed by atoms with Crippen LogP contribution >= 0.6 is 0 Å². The molecule has 128 valence electrons. The normalized spacial score (nSPS) is 20.5. The largest absolute Gasteiger partial charge is 0.443 e. The SMILES string of the molecule is CC(C)(C)OC(=O)n1cc(/C=C2\CNCCC2O)c2ccccc21. The molecule has 1 saturated heterocycles. The standard InChI is InChI=1S/C19H24N2O3/c1-19(2,3)24-18(23)21-12-14(15-6-4-5-7-16(15)21)10-13-11-20-9-8-17(13)22/h4-7,10,12,17,20,22H,8-9,11H2,1-3H3/b13-10+. The van der Waals surface area contributed by atoms with Crippen molar-refractivity contribution in [3.05, 3.63) is 41.6 Å². The predicted molar refractivity (Wildman–Crippen MR) is 95.0 cm³/mol. The Hall–Kier alpha value is -2.11. The van der Waals surface area contributed by atoms with Gasteiger partial charge in [-0.3, -0.25) is 4.57 Å². The summed E-state index contributed by atoms with van der Waals surface area (Å²) >= 11 is 0. The molecule has 5 heteroatoms. The fraction of sp³-hybridized carbons (Fsp3) is 0.421. The van der Waals surface area contributed by atoms with Gasteiger partial charge in [0.15, 0.2) is 0 Å². The van der Waals surface area contributed by atoms with Crippen LogP contribution in [0.3, 0.4) is 0 Å². The number of nitrogens with one attached hydrogen (secondary N) is 1. The molecule has 1 aliphatic rings. The number of carbonyl (C=O) groups excluding carboxylic acids is 1. The average molecular weight is 328 g/mol. The average Bonchev–Trinajstić information content (AvgIpc) is 2.87. The van der Waals surface area contributed by atoms with Gasteiger partial charge in [0, 0.05) is 23.7 Å². The van der Waals surface area contributed by atoms with E-state index in [9.17, 15) is 9.90 Å². The van der Waals surface area contributed by atoms with Crippen LogP contribution in [0.1, 0.15) is 32.8 Å². The minimum absolute atomic E-state index is 0.398. The van der Waals surface area contributed by atoms with Crippen molar-refractivity contribution in [2.75, 3.05) is 13.1 Å². The number of rotatable bonds is 1. The van der Waals surface area contributed by atoms with Crippen molar-refractivity contribution >= 4 is 23.1 Å². The number of aliphatic hydroxyl groups excluding tert-OH is 1. The number of aliphatic hydroxyl groups is 1. The van der Waals surface area contributed by atoms with Crippen LogP contribution in [-0.2, 0) is 4.74 Å². The first-order valence-corrected chi connectivity index (χ1v) is 8.28. The van der Waals surface area contributed by atoms with E-state index >= 15 is 0 Å². The Morgan fingerprint density at radius 3 is 2.83 bits per heavy atom. The van der Waals surface area contributed by atoms with Crippen LogP contribution in [0, 0.1) is 0 Å². The molecule has 0 spiro atoms. The number of piperidine rings is 1. The Bertz CT molecular complexity index is 783. The summed E-state index contributed by atoms with van der Waals surface area (Å²) in [6, 6.07) is 7.72. The second kappa shape index (κ2) is 6.42. The molecular weight excluding hydrogens is 304 g/mol. The van der Waals surface area contributed by atoms with Crippen molar-refractivity contribution in [1.29, 1.82) is 0 Å². The van der Waals surface area contributed by atoms with E-state index < -0.39 is 17.8 Å². The van der Waals surface area contributed by atoms with Gasteiger partial charge in [-0.25, -0.2) is 4.79 Å². The van der Waals surface area contributed by atoms with Crippen LogP contribution in [0.4, 0.5) is 4.79 Å². The molecule has 0 aliphatic carbocycles. The lowest BCUT2D eigenvalue weighted by molar-refractivity contribution is 0.0544. The maximum Gasteiger partial charge on any atom is 0.419 e. The van der Waals surface area contributed by atoms with Gasteiger partial charge in [0.25, 0.3) is 0 Å². The predicted octanol–water partition coefficient (Wildman–Crippen LogP) is 3.16. The van der Waals surface area contributed by atoms with E-state index in [4.69, 9.17) is 4.74 Å². The number of hydrogen-bond donors (Lipinski definition) is 2. The van der Waals surface area contributed by atoms with Crippen LogP contribution in [-0.4, -0.2) is 40.6 Å². The van der Waals surface area contributed by atoms with E-state index in [1.165, 1.54) is 4.57 Å². The summed E-state index contributed by atoms with van der Waals surface area (Å²) in [6.45, 7) is 7.03. The zero-order chi connectivity index (χ0) is 17.3. The summed E-state index contributed by atoms with van der Waals surface area (Å²) < 4.78 is 7.04. The first kappa shape index (κ1) is 16.7. The fourth-order valence-electron chi connectivity index (χ4n) is 2.90. The summed E-state index contributed by atoms with van der Waals surface area (Å²) in [6.07, 6.45) is 3.63. The molecule has 1 unspecified atom stereocenters. The van der Waals surface area contributed by atoms with Crippen molar-refractivity contribution in [3.63, 3.8) is 0 Å². The van der Waals surface area contributed by atoms with Crippen LogP contribution in [0.25, 0.3) is 17.0 Å². The molecule has 1 aliphatic heterocycles. The zero-order valence-corrected chi connectivity index (χ0v) is 14.4. The Morgan fingerprint density at radius 1 is 1.38 bits per heavy atom. The number of benzene rings is 1. The van der Waals surface area contributed by atoms with Crippen molar-refractivity contribution in [1.82, 2.24) is 9.88 Å². The number of nitrogens with zero attached hydrogens (tertiary/aromatic N) is 1. The molecule has 0 radical (unpaired) electrons. The summed E-state index contributed by atoms with van der Waals surface area (Å²) in [4.78, 5) is 12.5. The van der Waals surface area contributed by atoms with E-state index in [1.807, 2.05) is 51.1 Å². The second-order valence-corrected chi connectivity index (χ2v) is 7.15. The molecule has 0 bridgehead atoms. The van der Waals surface area contributed by atoms with Crippen LogP contribution in [0.5, 0.6) is 0 Å². The highest BCUT2D eigenvalue weighted by Crippen LogP contribution is 2.26. The lowest BCUT2D eigenvalue weighted by Gasteiger charge is -2.21. The zero-order valence-electron chi connectivity index (χ0n) is 14.4. The quantitative estimate of drug-likeness (QED) is 0.844. The highest BCUT2D eigenvalue weighted by molar-refractivity contribution is 5.95. The molecule has 1 aromatic heterocycles. The van der Waals surface area contributed by atoms with Gasteiger partial charge < -0.3 is 15.2 Å². The monoisotopic (exact) mass is 328 g/mol. The molecule has 2 aromatic rings. The molecular formula is C19H24N2O3. The molecule has 1 aromatic carbocycles. The van der Waals surface area contributed by atoms with Gasteiger partial charge in [0.1, 0.15) is 5.60 Å². The maximum absolute atomic E-state index is 12.5. The van der Waals surface area contributed by atoms with Gasteiger partial charge in [0.05, 0.1) is 11.6 Å². The molecule has 0 saturated carbocycles. The Kier molecular flexibility index (Phi) is 4.47. The molecule has 0 amide bonds. The lowest BCUT2D eigenvalue weighted by atomic mass is 10.00. The minimum atomic E-state index is -0.551. The second-order valence-electron chi connectivity index (χ2n) is 7.15. The third kappa shape index (κ3) is 3.52. The molecule has 3 rings (SSSR count). The highest BCUT2D eigenvalue weighted by Gasteiger charge is 2.21. The fourth-order valence-corrected chi connectivity index (χ4v) is 2.90. The van der Waals surface area contributed by atoms with Gasteiger partial charge in [-0.05, 0) is 51.5 Å². The summed E-state index contributed by atoms with van der Waals surface area (Å²) in [5.41, 5.74) is 2.10. The van der Waals surface area contributed by atoms with Gasteiger partial charge >= 0.3 is 6.09 Å². The summed E-state index contributed by atoms with van der Waals surface area (Å²) in [5, 5.41) is 14.4. The van der Waals surface area contributed by atoms with Gasteiger partial charge in [-0.1, -0.05) is 18.2 Å². The first-order valence-electron chi connectivity index (χ1n) is 8.28. The maximum atomic E-state index is 12.5. The van der Waals surface area contributed by atoms with Crippen LogP contribution < -0.4 is 5.32 Å². The van der Waals surface area contributed by atoms with E-state index in [1.54, 1.807) is 6.20 Å². The van der Waals surface area contributed by atoms with Crippen molar-refractivity contribution in [2.45, 2.75) is 38.9 Å². The lowest BCUT2D eigenvalue weighted by Crippen LogP contribution is -2.33. The van der Waals surface area contributed by atoms with E-state index in [0.717, 1.165) is 28.6 Å². The Labute approximate surface area is 141 Å². The van der Waals surface area contributed by atoms with Gasteiger partial charge in [0.2, 0.25) is 0 Å². The molecule has 1 fully saturated rings. The smallest absolute Gasteiger partial charge is 0.419 e. The van der Waals surface area contributed by atoms with E-state index in [2.05, 4.69) is 5.32 Å². The molecule has 2 heterocycles. The minimum Gasteiger partial charge on any atom is -0.443 e. The van der Waals surface area contributed by atoms with Crippen LogP contribution in [0.15, 0.2) is 36.0 Å². The topological polar surface area (TPSA) is 63.5 Å². The molecule has 1 atom stereocenters. The highest BCUT2D eigenvalue weighted by atomic mass is 16.6.